The van der Waals surface area contributed by atoms with Gasteiger partial charge in [0.25, 0.3) is 0 Å². The average Bonchev–Trinajstić information content (AvgIpc) is 2.87. The minimum Gasteiger partial charge on any atom is -0.496 e. The van der Waals surface area contributed by atoms with Crippen molar-refractivity contribution in [3.8, 4) is 11.6 Å². The highest BCUT2D eigenvalue weighted by molar-refractivity contribution is 9.10. The lowest BCUT2D eigenvalue weighted by molar-refractivity contribution is 0.0592. The van der Waals surface area contributed by atoms with Gasteiger partial charge in [0.1, 0.15) is 5.75 Å². The molecule has 0 N–H and O–H groups in total. The summed E-state index contributed by atoms with van der Waals surface area (Å²) in [7, 11) is 4.33. The Hall–Kier alpha value is -2.35. The number of nitrogens with zero attached hydrogens (tertiary/aromatic N) is 2. The standard InChI is InChI=1S/C14H13BrN2O5/c1-17-12(7-10(16-17)14(19)21-3)22-13(18)8-4-5-11(20-2)9(15)6-8/h4-7H,1-3H3. The Balaban J connectivity index is 2.20. The van der Waals surface area contributed by atoms with Crippen molar-refractivity contribution in [2.75, 3.05) is 14.2 Å². The van der Waals surface area contributed by atoms with Crippen molar-refractivity contribution in [2.24, 2.45) is 7.05 Å². The van der Waals surface area contributed by atoms with Crippen LogP contribution in [-0.2, 0) is 11.8 Å². The Morgan fingerprint density at radius 2 is 1.91 bits per heavy atom. The van der Waals surface area contributed by atoms with E-state index in [9.17, 15) is 9.59 Å². The summed E-state index contributed by atoms with van der Waals surface area (Å²) in [5.74, 6) is -0.449. The Morgan fingerprint density at radius 3 is 2.50 bits per heavy atom. The normalized spacial score (nSPS) is 10.2. The lowest BCUT2D eigenvalue weighted by atomic mass is 10.2. The number of esters is 2. The largest absolute Gasteiger partial charge is 0.496 e. The molecule has 0 spiro atoms. The van der Waals surface area contributed by atoms with E-state index >= 15 is 0 Å². The highest BCUT2D eigenvalue weighted by Crippen LogP contribution is 2.26. The number of rotatable bonds is 4. The maximum atomic E-state index is 12.1. The zero-order valence-corrected chi connectivity index (χ0v) is 13.7. The SMILES string of the molecule is COC(=O)c1cc(OC(=O)c2ccc(OC)c(Br)c2)n(C)n1. The summed E-state index contributed by atoms with van der Waals surface area (Å²) in [5, 5.41) is 3.91. The molecule has 0 atom stereocenters. The molecule has 0 unspecified atom stereocenters. The summed E-state index contributed by atoms with van der Waals surface area (Å²) in [6.45, 7) is 0. The van der Waals surface area contributed by atoms with E-state index in [-0.39, 0.29) is 11.6 Å². The van der Waals surface area contributed by atoms with Crippen LogP contribution < -0.4 is 9.47 Å². The maximum absolute atomic E-state index is 12.1. The Morgan fingerprint density at radius 1 is 1.18 bits per heavy atom. The predicted octanol–water partition coefficient (Wildman–Crippen LogP) is 2.20. The maximum Gasteiger partial charge on any atom is 0.358 e. The summed E-state index contributed by atoms with van der Waals surface area (Å²) in [6.07, 6.45) is 0. The van der Waals surface area contributed by atoms with Crippen LogP contribution in [0, 0.1) is 0 Å². The molecule has 0 saturated heterocycles. The van der Waals surface area contributed by atoms with Gasteiger partial charge in [-0.05, 0) is 34.1 Å². The molecule has 0 radical (unpaired) electrons. The van der Waals surface area contributed by atoms with Crippen LogP contribution in [0.25, 0.3) is 0 Å². The average molecular weight is 369 g/mol. The number of hydrogen-bond donors (Lipinski definition) is 0. The van der Waals surface area contributed by atoms with Crippen LogP contribution in [0.15, 0.2) is 28.7 Å². The number of carbonyl (C=O) groups excluding carboxylic acids is 2. The zero-order chi connectivity index (χ0) is 16.3. The fourth-order valence-corrected chi connectivity index (χ4v) is 2.24. The van der Waals surface area contributed by atoms with E-state index in [1.807, 2.05) is 0 Å². The third kappa shape index (κ3) is 3.28. The third-order valence-corrected chi connectivity index (χ3v) is 3.44. The Kier molecular flexibility index (Phi) is 4.81. The van der Waals surface area contributed by atoms with Crippen LogP contribution in [0.5, 0.6) is 11.6 Å². The van der Waals surface area contributed by atoms with Gasteiger partial charge >= 0.3 is 11.9 Å². The minimum atomic E-state index is -0.606. The highest BCUT2D eigenvalue weighted by atomic mass is 79.9. The fraction of sp³-hybridized carbons (Fsp3) is 0.214. The third-order valence-electron chi connectivity index (χ3n) is 2.82. The van der Waals surface area contributed by atoms with E-state index in [1.165, 1.54) is 25.0 Å². The molecule has 2 aromatic rings. The lowest BCUT2D eigenvalue weighted by Crippen LogP contribution is -2.11. The molecule has 2 rings (SSSR count). The van der Waals surface area contributed by atoms with Crippen molar-refractivity contribution >= 4 is 27.9 Å². The van der Waals surface area contributed by atoms with Crippen LogP contribution >= 0.6 is 15.9 Å². The molecule has 1 aromatic carbocycles. The van der Waals surface area contributed by atoms with Crippen molar-refractivity contribution < 1.29 is 23.8 Å². The number of methoxy groups -OCH3 is 2. The van der Waals surface area contributed by atoms with E-state index in [2.05, 4.69) is 25.8 Å². The predicted molar refractivity (Wildman–Crippen MR) is 80.2 cm³/mol. The quantitative estimate of drug-likeness (QED) is 0.769. The molecule has 8 heteroatoms. The molecule has 1 aromatic heterocycles. The van der Waals surface area contributed by atoms with Crippen molar-refractivity contribution in [3.05, 3.63) is 40.0 Å². The zero-order valence-electron chi connectivity index (χ0n) is 12.1. The summed E-state index contributed by atoms with van der Waals surface area (Å²) in [5.41, 5.74) is 0.386. The molecule has 22 heavy (non-hydrogen) atoms. The number of benzene rings is 1. The molecule has 116 valence electrons. The van der Waals surface area contributed by atoms with Gasteiger partial charge in [-0.2, -0.15) is 5.10 Å². The molecule has 0 amide bonds. The molecule has 0 aliphatic rings. The topological polar surface area (TPSA) is 79.6 Å². The first-order chi connectivity index (χ1) is 10.5. The van der Waals surface area contributed by atoms with E-state index in [4.69, 9.17) is 9.47 Å². The molecule has 0 aliphatic carbocycles. The summed E-state index contributed by atoms with van der Waals surface area (Å²) in [6, 6.07) is 6.13. The first-order valence-corrected chi connectivity index (χ1v) is 6.93. The second kappa shape index (κ2) is 6.61. The van der Waals surface area contributed by atoms with Crippen molar-refractivity contribution in [1.29, 1.82) is 0 Å². The molecule has 7 nitrogen and oxygen atoms in total. The van der Waals surface area contributed by atoms with E-state index in [0.717, 1.165) is 0 Å². The van der Waals surface area contributed by atoms with E-state index in [1.54, 1.807) is 25.2 Å². The van der Waals surface area contributed by atoms with Crippen LogP contribution in [0.3, 0.4) is 0 Å². The molecular formula is C14H13BrN2O5. The summed E-state index contributed by atoms with van der Waals surface area (Å²) < 4.78 is 16.8. The van der Waals surface area contributed by atoms with Gasteiger partial charge in [0.15, 0.2) is 5.69 Å². The summed E-state index contributed by atoms with van der Waals surface area (Å²) >= 11 is 3.30. The molecule has 0 aliphatic heterocycles. The number of hydrogen-bond acceptors (Lipinski definition) is 6. The van der Waals surface area contributed by atoms with Gasteiger partial charge in [-0.1, -0.05) is 0 Å². The Bertz CT molecular complexity index is 726. The van der Waals surface area contributed by atoms with Gasteiger partial charge < -0.3 is 14.2 Å². The first-order valence-electron chi connectivity index (χ1n) is 6.14. The van der Waals surface area contributed by atoms with Crippen LogP contribution in [0.4, 0.5) is 0 Å². The smallest absolute Gasteiger partial charge is 0.358 e. The first kappa shape index (κ1) is 16.0. The lowest BCUT2D eigenvalue weighted by Gasteiger charge is -2.06. The van der Waals surface area contributed by atoms with Crippen molar-refractivity contribution in [1.82, 2.24) is 9.78 Å². The van der Waals surface area contributed by atoms with Gasteiger partial charge in [0.2, 0.25) is 5.88 Å². The van der Waals surface area contributed by atoms with Crippen molar-refractivity contribution in [3.63, 3.8) is 0 Å². The molecule has 0 fully saturated rings. The summed E-state index contributed by atoms with van der Waals surface area (Å²) in [4.78, 5) is 23.5. The van der Waals surface area contributed by atoms with E-state index in [0.29, 0.717) is 15.8 Å². The number of halogens is 1. The van der Waals surface area contributed by atoms with Crippen molar-refractivity contribution in [2.45, 2.75) is 0 Å². The highest BCUT2D eigenvalue weighted by Gasteiger charge is 2.17. The second-order valence-corrected chi connectivity index (χ2v) is 5.08. The van der Waals surface area contributed by atoms with Crippen LogP contribution in [-0.4, -0.2) is 35.9 Å². The van der Waals surface area contributed by atoms with E-state index < -0.39 is 11.9 Å². The monoisotopic (exact) mass is 368 g/mol. The number of ether oxygens (including phenoxy) is 3. The Labute approximate surface area is 134 Å². The molecule has 0 saturated carbocycles. The van der Waals surface area contributed by atoms with Gasteiger partial charge in [0, 0.05) is 13.1 Å². The molecule has 1 heterocycles. The number of carbonyl (C=O) groups is 2. The van der Waals surface area contributed by atoms with Gasteiger partial charge in [0.05, 0.1) is 24.3 Å². The number of aromatic nitrogens is 2. The molecule has 0 bridgehead atoms. The second-order valence-electron chi connectivity index (χ2n) is 4.22. The van der Waals surface area contributed by atoms with Gasteiger partial charge in [-0.25, -0.2) is 14.3 Å². The fourth-order valence-electron chi connectivity index (χ4n) is 1.70. The van der Waals surface area contributed by atoms with Crippen LogP contribution in [0.2, 0.25) is 0 Å². The number of aryl methyl sites for hydroxylation is 1. The van der Waals surface area contributed by atoms with Gasteiger partial charge in [-0.15, -0.1) is 0 Å². The molecular weight excluding hydrogens is 356 g/mol. The van der Waals surface area contributed by atoms with Gasteiger partial charge in [-0.3, -0.25) is 0 Å². The van der Waals surface area contributed by atoms with Crippen LogP contribution in [0.1, 0.15) is 20.8 Å². The minimum absolute atomic E-state index is 0.0590.